The monoisotopic (exact) mass is 377 g/mol. The number of aromatic nitrogens is 2. The average molecular weight is 377 g/mol. The highest BCUT2D eigenvalue weighted by atomic mass is 19.1. The van der Waals surface area contributed by atoms with Crippen LogP contribution >= 0.6 is 0 Å². The number of carbonyl (C=O) groups is 1. The van der Waals surface area contributed by atoms with E-state index in [1.165, 1.54) is 19.4 Å². The molecule has 0 spiro atoms. The van der Waals surface area contributed by atoms with Crippen LogP contribution < -0.4 is 10.5 Å². The van der Waals surface area contributed by atoms with Gasteiger partial charge in [0.15, 0.2) is 5.58 Å². The first-order valence-electron chi connectivity index (χ1n) is 8.47. The van der Waals surface area contributed by atoms with Gasteiger partial charge in [-0.3, -0.25) is 9.78 Å². The van der Waals surface area contributed by atoms with Crippen LogP contribution in [0.5, 0.6) is 5.75 Å². The van der Waals surface area contributed by atoms with E-state index < -0.39 is 11.9 Å². The summed E-state index contributed by atoms with van der Waals surface area (Å²) in [4.78, 5) is 19.7. The molecule has 0 saturated carbocycles. The van der Waals surface area contributed by atoms with E-state index in [9.17, 15) is 9.18 Å². The summed E-state index contributed by atoms with van der Waals surface area (Å²) in [5.41, 5.74) is 9.67. The molecule has 0 fully saturated rings. The molecule has 4 rings (SSSR count). The summed E-state index contributed by atoms with van der Waals surface area (Å²) in [6.07, 6.45) is 3.12. The Morgan fingerprint density at radius 3 is 2.64 bits per heavy atom. The third-order valence-electron chi connectivity index (χ3n) is 4.53. The van der Waals surface area contributed by atoms with E-state index in [2.05, 4.69) is 9.97 Å². The molecule has 0 saturated heterocycles. The minimum Gasteiger partial charge on any atom is -0.496 e. The molecular formula is C21H16FN3O3. The third-order valence-corrected chi connectivity index (χ3v) is 4.53. The van der Waals surface area contributed by atoms with Crippen LogP contribution in [0.4, 0.5) is 4.39 Å². The smallest absolute Gasteiger partial charge is 0.248 e. The van der Waals surface area contributed by atoms with Crippen molar-refractivity contribution in [2.24, 2.45) is 5.73 Å². The van der Waals surface area contributed by atoms with E-state index in [4.69, 9.17) is 14.9 Å². The molecule has 0 aliphatic rings. The maximum absolute atomic E-state index is 13.4. The van der Waals surface area contributed by atoms with Crippen molar-refractivity contribution in [3.05, 3.63) is 65.9 Å². The molecule has 4 aromatic rings. The van der Waals surface area contributed by atoms with Crippen molar-refractivity contribution in [1.29, 1.82) is 0 Å². The third kappa shape index (κ3) is 2.96. The van der Waals surface area contributed by atoms with Gasteiger partial charge in [0.25, 0.3) is 0 Å². The Bertz CT molecular complexity index is 1220. The minimum absolute atomic E-state index is 0.336. The lowest BCUT2D eigenvalue weighted by atomic mass is 10.0. The van der Waals surface area contributed by atoms with Crippen LogP contribution in [0.2, 0.25) is 0 Å². The van der Waals surface area contributed by atoms with E-state index in [1.54, 1.807) is 43.5 Å². The molecule has 0 aliphatic carbocycles. The molecule has 6 nitrogen and oxygen atoms in total. The maximum atomic E-state index is 13.4. The lowest BCUT2D eigenvalue weighted by molar-refractivity contribution is 0.100. The number of aryl methyl sites for hydroxylation is 1. The lowest BCUT2D eigenvalue weighted by Gasteiger charge is -2.08. The molecule has 1 amide bonds. The van der Waals surface area contributed by atoms with Crippen molar-refractivity contribution in [1.82, 2.24) is 9.97 Å². The molecule has 0 radical (unpaired) electrons. The van der Waals surface area contributed by atoms with Crippen molar-refractivity contribution in [3.63, 3.8) is 0 Å². The molecule has 0 unspecified atom stereocenters. The zero-order valence-corrected chi connectivity index (χ0v) is 15.2. The Balaban J connectivity index is 1.93. The lowest BCUT2D eigenvalue weighted by Crippen LogP contribution is -2.10. The molecular weight excluding hydrogens is 361 g/mol. The number of carbonyl (C=O) groups excluding carboxylic acids is 1. The van der Waals surface area contributed by atoms with E-state index in [0.29, 0.717) is 33.7 Å². The number of rotatable bonds is 4. The van der Waals surface area contributed by atoms with Gasteiger partial charge in [0, 0.05) is 35.2 Å². The van der Waals surface area contributed by atoms with Crippen LogP contribution in [0.3, 0.4) is 0 Å². The second-order valence-corrected chi connectivity index (χ2v) is 6.28. The molecule has 28 heavy (non-hydrogen) atoms. The fourth-order valence-electron chi connectivity index (χ4n) is 3.14. The Morgan fingerprint density at radius 2 is 1.93 bits per heavy atom. The Morgan fingerprint density at radius 1 is 1.11 bits per heavy atom. The molecule has 0 aliphatic heterocycles. The maximum Gasteiger partial charge on any atom is 0.248 e. The second-order valence-electron chi connectivity index (χ2n) is 6.28. The van der Waals surface area contributed by atoms with Crippen LogP contribution in [-0.2, 0) is 0 Å². The largest absolute Gasteiger partial charge is 0.496 e. The molecule has 0 bridgehead atoms. The summed E-state index contributed by atoms with van der Waals surface area (Å²) in [7, 11) is 1.53. The topological polar surface area (TPSA) is 91.2 Å². The zero-order chi connectivity index (χ0) is 19.8. The summed E-state index contributed by atoms with van der Waals surface area (Å²) in [5.74, 6) is -0.0839. The van der Waals surface area contributed by atoms with E-state index >= 15 is 0 Å². The number of methoxy groups -OCH3 is 1. The number of primary amides is 1. The Labute approximate surface area is 159 Å². The van der Waals surface area contributed by atoms with Crippen LogP contribution in [0.25, 0.3) is 33.6 Å². The normalized spacial score (nSPS) is 11.0. The van der Waals surface area contributed by atoms with Gasteiger partial charge in [0.1, 0.15) is 17.0 Å². The highest BCUT2D eigenvalue weighted by Gasteiger charge is 2.18. The van der Waals surface area contributed by atoms with Crippen molar-refractivity contribution in [2.45, 2.75) is 6.92 Å². The van der Waals surface area contributed by atoms with Gasteiger partial charge < -0.3 is 14.9 Å². The molecule has 2 N–H and O–H groups in total. The number of pyridine rings is 2. The predicted molar refractivity (Wildman–Crippen MR) is 102 cm³/mol. The predicted octanol–water partition coefficient (Wildman–Crippen LogP) is 4.11. The molecule has 3 aromatic heterocycles. The molecule has 1 aromatic carbocycles. The van der Waals surface area contributed by atoms with E-state index in [-0.39, 0.29) is 0 Å². The summed E-state index contributed by atoms with van der Waals surface area (Å²) in [6.45, 7) is 1.80. The van der Waals surface area contributed by atoms with Gasteiger partial charge in [-0.15, -0.1) is 0 Å². The number of amides is 1. The molecule has 0 atom stereocenters. The fraction of sp³-hybridized carbons (Fsp3) is 0.0952. The quantitative estimate of drug-likeness (QED) is 0.540. The number of fused-ring (bicyclic) bond motifs is 1. The number of furan rings is 1. The number of halogens is 1. The number of hydrogen-bond donors (Lipinski definition) is 1. The fourth-order valence-corrected chi connectivity index (χ4v) is 3.14. The first kappa shape index (κ1) is 17.7. The van der Waals surface area contributed by atoms with Crippen LogP contribution in [0.15, 0.2) is 53.2 Å². The number of nitrogens with zero attached hydrogens (tertiary/aromatic N) is 2. The molecule has 7 heteroatoms. The van der Waals surface area contributed by atoms with Gasteiger partial charge in [0.2, 0.25) is 11.9 Å². The van der Waals surface area contributed by atoms with Gasteiger partial charge >= 0.3 is 0 Å². The summed E-state index contributed by atoms with van der Waals surface area (Å²) < 4.78 is 24.9. The van der Waals surface area contributed by atoms with E-state index in [0.717, 1.165) is 16.7 Å². The summed E-state index contributed by atoms with van der Waals surface area (Å²) >= 11 is 0. The van der Waals surface area contributed by atoms with Gasteiger partial charge in [0.05, 0.1) is 12.7 Å². The van der Waals surface area contributed by atoms with Gasteiger partial charge in [-0.05, 0) is 42.8 Å². The first-order valence-corrected chi connectivity index (χ1v) is 8.47. The van der Waals surface area contributed by atoms with Gasteiger partial charge in [-0.1, -0.05) is 0 Å². The second kappa shape index (κ2) is 6.77. The number of benzene rings is 1. The molecule has 140 valence electrons. The zero-order valence-electron chi connectivity index (χ0n) is 15.2. The highest BCUT2D eigenvalue weighted by Crippen LogP contribution is 2.38. The van der Waals surface area contributed by atoms with Crippen LogP contribution in [-0.4, -0.2) is 23.0 Å². The number of ether oxygens (including phenoxy) is 1. The highest BCUT2D eigenvalue weighted by molar-refractivity contribution is 5.96. The van der Waals surface area contributed by atoms with Crippen molar-refractivity contribution < 1.29 is 18.3 Å². The SMILES string of the molecule is COc1ccc(C(N)=O)cc1-c1cc2nccc(-c3cnc(F)cc3C)c2o1. The van der Waals surface area contributed by atoms with Gasteiger partial charge in [-0.25, -0.2) is 4.98 Å². The number of hydrogen-bond acceptors (Lipinski definition) is 5. The average Bonchev–Trinajstić information content (AvgIpc) is 3.12. The minimum atomic E-state index is -0.549. The van der Waals surface area contributed by atoms with Crippen molar-refractivity contribution in [2.75, 3.05) is 7.11 Å². The standard InChI is InChI=1S/C21H16FN3O3/c1-11-7-19(22)25-10-15(11)13-5-6-24-16-9-18(28-20(13)16)14-8-12(21(23)26)3-4-17(14)27-2/h3-10H,1-2H3,(H2,23,26). The van der Waals surface area contributed by atoms with Gasteiger partial charge in [-0.2, -0.15) is 4.39 Å². The Kier molecular flexibility index (Phi) is 4.27. The van der Waals surface area contributed by atoms with Crippen molar-refractivity contribution in [3.8, 4) is 28.2 Å². The van der Waals surface area contributed by atoms with Crippen LogP contribution in [0, 0.1) is 12.9 Å². The summed E-state index contributed by atoms with van der Waals surface area (Å²) in [5, 5.41) is 0. The van der Waals surface area contributed by atoms with E-state index in [1.807, 2.05) is 0 Å². The van der Waals surface area contributed by atoms with Crippen molar-refractivity contribution >= 4 is 17.0 Å². The first-order chi connectivity index (χ1) is 13.5. The summed E-state index contributed by atoms with van der Waals surface area (Å²) in [6, 6.07) is 9.77. The molecule has 3 heterocycles. The Hall–Kier alpha value is -3.74. The number of nitrogens with two attached hydrogens (primary N) is 1. The van der Waals surface area contributed by atoms with Crippen LogP contribution in [0.1, 0.15) is 15.9 Å².